The van der Waals surface area contributed by atoms with Crippen molar-refractivity contribution in [3.05, 3.63) is 58.0 Å². The number of hydrogen-bond acceptors (Lipinski definition) is 4. The Morgan fingerprint density at radius 1 is 1.21 bits per heavy atom. The molecule has 0 aliphatic rings. The number of carbonyl (C=O) groups is 2. The quantitative estimate of drug-likeness (QED) is 0.804. The number of carbonyl (C=O) groups excluding carboxylic acids is 2. The van der Waals surface area contributed by atoms with Gasteiger partial charge in [0.25, 0.3) is 5.91 Å². The summed E-state index contributed by atoms with van der Waals surface area (Å²) in [6.07, 6.45) is 0. The Morgan fingerprint density at radius 2 is 2.00 bits per heavy atom. The van der Waals surface area contributed by atoms with Gasteiger partial charge in [-0.2, -0.15) is 0 Å². The lowest BCUT2D eigenvalue weighted by Gasteiger charge is -2.23. The molecule has 1 aromatic heterocycles. The maximum absolute atomic E-state index is 13.1. The van der Waals surface area contributed by atoms with Crippen LogP contribution < -0.4 is 10.6 Å². The first-order chi connectivity index (χ1) is 11.5. The highest BCUT2D eigenvalue weighted by Gasteiger charge is 2.16. The fraction of sp³-hybridized carbons (Fsp3) is 0.294. The van der Waals surface area contributed by atoms with Crippen LogP contribution in [0.15, 0.2) is 41.8 Å². The van der Waals surface area contributed by atoms with E-state index in [1.165, 1.54) is 18.2 Å². The van der Waals surface area contributed by atoms with E-state index in [9.17, 15) is 14.0 Å². The minimum Gasteiger partial charge on any atom is -0.353 e. The Balaban J connectivity index is 1.81. The van der Waals surface area contributed by atoms with Gasteiger partial charge in [0.2, 0.25) is 5.91 Å². The molecule has 0 aliphatic carbocycles. The maximum atomic E-state index is 13.1. The highest BCUT2D eigenvalue weighted by Crippen LogP contribution is 2.22. The summed E-state index contributed by atoms with van der Waals surface area (Å²) >= 11 is 1.63. The van der Waals surface area contributed by atoms with Crippen LogP contribution in [0.5, 0.6) is 0 Å². The summed E-state index contributed by atoms with van der Waals surface area (Å²) in [6, 6.07) is 9.40. The van der Waals surface area contributed by atoms with Crippen LogP contribution in [-0.4, -0.2) is 43.9 Å². The third-order valence-corrected chi connectivity index (χ3v) is 4.46. The highest BCUT2D eigenvalue weighted by molar-refractivity contribution is 7.10. The van der Waals surface area contributed by atoms with Gasteiger partial charge in [0.1, 0.15) is 5.82 Å². The fourth-order valence-corrected chi connectivity index (χ4v) is 3.11. The van der Waals surface area contributed by atoms with Gasteiger partial charge < -0.3 is 15.5 Å². The van der Waals surface area contributed by atoms with Crippen molar-refractivity contribution in [2.45, 2.75) is 6.04 Å². The number of rotatable bonds is 7. The van der Waals surface area contributed by atoms with Gasteiger partial charge in [0.05, 0.1) is 12.6 Å². The molecule has 2 aromatic rings. The lowest BCUT2D eigenvalue weighted by Crippen LogP contribution is -2.40. The van der Waals surface area contributed by atoms with Crippen molar-refractivity contribution in [2.75, 3.05) is 27.2 Å². The van der Waals surface area contributed by atoms with E-state index in [2.05, 4.69) is 10.6 Å². The molecule has 1 atom stereocenters. The number of hydrogen-bond donors (Lipinski definition) is 2. The molecule has 0 saturated heterocycles. The molecule has 1 heterocycles. The van der Waals surface area contributed by atoms with E-state index in [1.54, 1.807) is 11.3 Å². The van der Waals surface area contributed by atoms with Crippen LogP contribution in [0.25, 0.3) is 0 Å². The average Bonchev–Trinajstić information content (AvgIpc) is 3.06. The van der Waals surface area contributed by atoms with E-state index in [-0.39, 0.29) is 24.1 Å². The zero-order valence-corrected chi connectivity index (χ0v) is 14.4. The van der Waals surface area contributed by atoms with E-state index in [1.807, 2.05) is 36.5 Å². The third-order valence-electron chi connectivity index (χ3n) is 3.48. The average molecular weight is 349 g/mol. The van der Waals surface area contributed by atoms with Gasteiger partial charge in [-0.3, -0.25) is 9.59 Å². The van der Waals surface area contributed by atoms with E-state index in [0.29, 0.717) is 6.54 Å². The first-order valence-electron chi connectivity index (χ1n) is 7.47. The van der Waals surface area contributed by atoms with Crippen LogP contribution in [0.3, 0.4) is 0 Å². The lowest BCUT2D eigenvalue weighted by atomic mass is 10.2. The summed E-state index contributed by atoms with van der Waals surface area (Å²) in [6.45, 7) is 0.294. The number of nitrogens with zero attached hydrogens (tertiary/aromatic N) is 1. The molecule has 0 spiro atoms. The van der Waals surface area contributed by atoms with Crippen molar-refractivity contribution in [3.8, 4) is 0 Å². The highest BCUT2D eigenvalue weighted by atomic mass is 32.1. The zero-order chi connectivity index (χ0) is 17.5. The first kappa shape index (κ1) is 18.1. The van der Waals surface area contributed by atoms with Gasteiger partial charge in [-0.25, -0.2) is 4.39 Å². The summed E-state index contributed by atoms with van der Waals surface area (Å²) in [5.74, 6) is -1.26. The number of nitrogens with one attached hydrogen (secondary N) is 2. The molecule has 7 heteroatoms. The molecule has 1 unspecified atom stereocenters. The molecule has 0 bridgehead atoms. The minimum absolute atomic E-state index is 0.0767. The Hall–Kier alpha value is -2.25. The third kappa shape index (κ3) is 5.14. The number of benzene rings is 1. The predicted octanol–water partition coefficient (Wildman–Crippen LogP) is 2.04. The number of thiophene rings is 1. The summed E-state index contributed by atoms with van der Waals surface area (Å²) < 4.78 is 13.1. The Bertz CT molecular complexity index is 689. The second-order valence-corrected chi connectivity index (χ2v) is 6.47. The van der Waals surface area contributed by atoms with Crippen LogP contribution in [-0.2, 0) is 4.79 Å². The number of halogens is 1. The molecule has 0 saturated carbocycles. The summed E-state index contributed by atoms with van der Waals surface area (Å²) in [5.41, 5.74) is 0.188. The maximum Gasteiger partial charge on any atom is 0.251 e. The van der Waals surface area contributed by atoms with Crippen LogP contribution in [0.4, 0.5) is 4.39 Å². The molecule has 1 aromatic carbocycles. The lowest BCUT2D eigenvalue weighted by molar-refractivity contribution is -0.120. The topological polar surface area (TPSA) is 61.4 Å². The Labute approximate surface area is 144 Å². The smallest absolute Gasteiger partial charge is 0.251 e. The monoisotopic (exact) mass is 349 g/mol. The first-order valence-corrected chi connectivity index (χ1v) is 8.35. The van der Waals surface area contributed by atoms with E-state index >= 15 is 0 Å². The molecule has 5 nitrogen and oxygen atoms in total. The largest absolute Gasteiger partial charge is 0.353 e. The predicted molar refractivity (Wildman–Crippen MR) is 92.5 cm³/mol. The van der Waals surface area contributed by atoms with Gasteiger partial charge in [0.15, 0.2) is 0 Å². The fourth-order valence-electron chi connectivity index (χ4n) is 2.18. The summed E-state index contributed by atoms with van der Waals surface area (Å²) in [4.78, 5) is 27.0. The van der Waals surface area contributed by atoms with Crippen molar-refractivity contribution in [1.29, 1.82) is 0 Å². The summed E-state index contributed by atoms with van der Waals surface area (Å²) in [7, 11) is 3.89. The molecular weight excluding hydrogens is 329 g/mol. The second kappa shape index (κ2) is 8.56. The SMILES string of the molecule is CN(C)C(CNC(=O)CNC(=O)c1cccc(F)c1)c1cccs1. The van der Waals surface area contributed by atoms with E-state index in [4.69, 9.17) is 0 Å². The molecule has 2 amide bonds. The molecule has 2 rings (SSSR count). The van der Waals surface area contributed by atoms with Crippen LogP contribution in [0.2, 0.25) is 0 Å². The van der Waals surface area contributed by atoms with Gasteiger partial charge in [-0.05, 0) is 43.7 Å². The normalized spacial score (nSPS) is 12.0. The van der Waals surface area contributed by atoms with E-state index < -0.39 is 11.7 Å². The van der Waals surface area contributed by atoms with Crippen LogP contribution in [0.1, 0.15) is 21.3 Å². The van der Waals surface area contributed by atoms with Crippen molar-refractivity contribution in [3.63, 3.8) is 0 Å². The van der Waals surface area contributed by atoms with Crippen molar-refractivity contribution >= 4 is 23.2 Å². The van der Waals surface area contributed by atoms with Gasteiger partial charge in [0, 0.05) is 17.0 Å². The van der Waals surface area contributed by atoms with E-state index in [0.717, 1.165) is 10.9 Å². The van der Waals surface area contributed by atoms with Gasteiger partial charge in [-0.1, -0.05) is 12.1 Å². The van der Waals surface area contributed by atoms with Crippen LogP contribution in [0, 0.1) is 5.82 Å². The molecule has 0 aliphatic heterocycles. The van der Waals surface area contributed by atoms with Gasteiger partial charge >= 0.3 is 0 Å². The Kier molecular flexibility index (Phi) is 6.45. The Morgan fingerprint density at radius 3 is 2.62 bits per heavy atom. The summed E-state index contributed by atoms with van der Waals surface area (Å²) in [5, 5.41) is 7.29. The molecular formula is C17H20FN3O2S. The zero-order valence-electron chi connectivity index (χ0n) is 13.6. The molecule has 128 valence electrons. The minimum atomic E-state index is -0.489. The molecule has 24 heavy (non-hydrogen) atoms. The van der Waals surface area contributed by atoms with Crippen molar-refractivity contribution in [1.82, 2.24) is 15.5 Å². The standard InChI is InChI=1S/C17H20FN3O2S/c1-21(2)14(15-7-4-8-24-15)10-19-16(22)11-20-17(23)12-5-3-6-13(18)9-12/h3-9,14H,10-11H2,1-2H3,(H,19,22)(H,20,23). The van der Waals surface area contributed by atoms with Crippen molar-refractivity contribution in [2.24, 2.45) is 0 Å². The van der Waals surface area contributed by atoms with Crippen LogP contribution >= 0.6 is 11.3 Å². The number of amides is 2. The second-order valence-electron chi connectivity index (χ2n) is 5.49. The molecule has 2 N–H and O–H groups in total. The molecule has 0 fully saturated rings. The molecule has 0 radical (unpaired) electrons. The van der Waals surface area contributed by atoms with Crippen molar-refractivity contribution < 1.29 is 14.0 Å². The number of likely N-dealkylation sites (N-methyl/N-ethyl adjacent to an activating group) is 1. The van der Waals surface area contributed by atoms with Gasteiger partial charge in [-0.15, -0.1) is 11.3 Å².